The van der Waals surface area contributed by atoms with Gasteiger partial charge in [-0.15, -0.1) is 0 Å². The second kappa shape index (κ2) is 8.94. The Morgan fingerprint density at radius 3 is 2.06 bits per heavy atom. The van der Waals surface area contributed by atoms with Gasteiger partial charge in [-0.3, -0.25) is 4.79 Å². The van der Waals surface area contributed by atoms with Gasteiger partial charge in [0.05, 0.1) is 19.6 Å². The second-order valence-electron chi connectivity index (χ2n) is 9.37. The number of likely N-dealkylation sites (N-methyl/N-ethyl adjacent to an activating group) is 1. The monoisotopic (exact) mass is 421 g/mol. The molecule has 2 saturated carbocycles. The average Bonchev–Trinajstić information content (AvgIpc) is 3.50. The zero-order valence-corrected chi connectivity index (χ0v) is 19.2. The van der Waals surface area contributed by atoms with E-state index in [9.17, 15) is 4.79 Å². The van der Waals surface area contributed by atoms with Crippen molar-refractivity contribution in [1.82, 2.24) is 4.90 Å². The molecule has 2 aromatic rings. The van der Waals surface area contributed by atoms with E-state index in [1.165, 1.54) is 24.0 Å². The minimum Gasteiger partial charge on any atom is -0.493 e. The zero-order chi connectivity index (χ0) is 21.9. The third-order valence-electron chi connectivity index (χ3n) is 7.64. The Labute approximate surface area is 186 Å². The molecular weight excluding hydrogens is 386 g/mol. The van der Waals surface area contributed by atoms with Crippen LogP contribution in [0.2, 0.25) is 0 Å². The first kappa shape index (κ1) is 21.7. The summed E-state index contributed by atoms with van der Waals surface area (Å²) in [7, 11) is 5.36. The van der Waals surface area contributed by atoms with Gasteiger partial charge in [-0.05, 0) is 48.9 Å². The number of hydrogen-bond donors (Lipinski definition) is 0. The van der Waals surface area contributed by atoms with Gasteiger partial charge >= 0.3 is 0 Å². The third kappa shape index (κ3) is 3.93. The molecule has 4 nitrogen and oxygen atoms in total. The molecule has 0 aromatic heterocycles. The molecule has 0 saturated heterocycles. The fraction of sp³-hybridized carbons (Fsp3) is 0.519. The maximum atomic E-state index is 13.9. The molecule has 4 heteroatoms. The van der Waals surface area contributed by atoms with Gasteiger partial charge in [-0.2, -0.15) is 0 Å². The summed E-state index contributed by atoms with van der Waals surface area (Å²) in [5.41, 5.74) is 2.03. The van der Waals surface area contributed by atoms with Crippen molar-refractivity contribution in [2.75, 3.05) is 27.8 Å². The summed E-state index contributed by atoms with van der Waals surface area (Å²) in [6.45, 7) is 0.746. The van der Waals surface area contributed by atoms with E-state index in [4.69, 9.17) is 9.47 Å². The smallest absolute Gasteiger partial charge is 0.232 e. The summed E-state index contributed by atoms with van der Waals surface area (Å²) in [6.07, 6.45) is 8.72. The summed E-state index contributed by atoms with van der Waals surface area (Å²) in [5, 5.41) is 0. The molecule has 31 heavy (non-hydrogen) atoms. The highest BCUT2D eigenvalue weighted by Gasteiger charge is 2.46. The van der Waals surface area contributed by atoms with E-state index in [0.29, 0.717) is 0 Å². The Kier molecular flexibility index (Phi) is 6.27. The number of amides is 1. The number of ether oxygens (including phenoxy) is 2. The standard InChI is InChI=1S/C27H35NO3/c1-28(25(29)27(17-9-10-18-27)21-11-5-4-6-12-21)20-26(15-7-8-16-26)22-13-14-23(30-2)24(19-22)31-3/h4-6,11-14,19H,7-10,15-18,20H2,1-3H3. The molecule has 2 aliphatic rings. The van der Waals surface area contributed by atoms with E-state index in [-0.39, 0.29) is 16.7 Å². The van der Waals surface area contributed by atoms with E-state index >= 15 is 0 Å². The van der Waals surface area contributed by atoms with E-state index in [1.54, 1.807) is 14.2 Å². The molecule has 2 aliphatic carbocycles. The van der Waals surface area contributed by atoms with Crippen LogP contribution in [0, 0.1) is 0 Å². The summed E-state index contributed by atoms with van der Waals surface area (Å²) >= 11 is 0. The lowest BCUT2D eigenvalue weighted by Crippen LogP contribution is -2.48. The molecule has 2 aromatic carbocycles. The van der Waals surface area contributed by atoms with Gasteiger partial charge < -0.3 is 14.4 Å². The fourth-order valence-electron chi connectivity index (χ4n) is 6.01. The van der Waals surface area contributed by atoms with Gasteiger partial charge in [0.15, 0.2) is 11.5 Å². The SMILES string of the molecule is COc1ccc(C2(CN(C)C(=O)C3(c4ccccc4)CCCC3)CCCC2)cc1OC. The Bertz CT molecular complexity index is 896. The number of rotatable bonds is 7. The molecular formula is C27H35NO3. The van der Waals surface area contributed by atoms with Crippen LogP contribution in [-0.2, 0) is 15.6 Å². The minimum absolute atomic E-state index is 0.0273. The van der Waals surface area contributed by atoms with Crippen molar-refractivity contribution in [2.24, 2.45) is 0 Å². The maximum Gasteiger partial charge on any atom is 0.232 e. The highest BCUT2D eigenvalue weighted by molar-refractivity contribution is 5.88. The van der Waals surface area contributed by atoms with Crippen LogP contribution < -0.4 is 9.47 Å². The largest absolute Gasteiger partial charge is 0.493 e. The first-order chi connectivity index (χ1) is 15.0. The van der Waals surface area contributed by atoms with Crippen LogP contribution >= 0.6 is 0 Å². The average molecular weight is 422 g/mol. The first-order valence-electron chi connectivity index (χ1n) is 11.6. The lowest BCUT2D eigenvalue weighted by atomic mass is 9.75. The van der Waals surface area contributed by atoms with Gasteiger partial charge in [-0.1, -0.05) is 62.1 Å². The minimum atomic E-state index is -0.368. The molecule has 0 unspecified atom stereocenters. The second-order valence-corrected chi connectivity index (χ2v) is 9.37. The Morgan fingerprint density at radius 1 is 0.839 bits per heavy atom. The van der Waals surface area contributed by atoms with Crippen LogP contribution in [0.15, 0.2) is 48.5 Å². The quantitative estimate of drug-likeness (QED) is 0.594. The molecule has 0 aliphatic heterocycles. The topological polar surface area (TPSA) is 38.8 Å². The van der Waals surface area contributed by atoms with Crippen LogP contribution in [0.1, 0.15) is 62.5 Å². The highest BCUT2D eigenvalue weighted by atomic mass is 16.5. The van der Waals surface area contributed by atoms with E-state index in [1.807, 2.05) is 24.1 Å². The van der Waals surface area contributed by atoms with Crippen molar-refractivity contribution in [3.8, 4) is 11.5 Å². The number of benzene rings is 2. The Balaban J connectivity index is 1.63. The molecule has 2 fully saturated rings. The van der Waals surface area contributed by atoms with Gasteiger partial charge in [0.25, 0.3) is 0 Å². The van der Waals surface area contributed by atoms with Gasteiger partial charge in [0.1, 0.15) is 0 Å². The molecule has 0 heterocycles. The lowest BCUT2D eigenvalue weighted by molar-refractivity contribution is -0.136. The maximum absolute atomic E-state index is 13.9. The van der Waals surface area contributed by atoms with E-state index in [0.717, 1.165) is 56.6 Å². The fourth-order valence-corrected chi connectivity index (χ4v) is 6.01. The Hall–Kier alpha value is -2.49. The summed E-state index contributed by atoms with van der Waals surface area (Å²) in [4.78, 5) is 16.0. The van der Waals surface area contributed by atoms with Crippen molar-refractivity contribution in [1.29, 1.82) is 0 Å². The van der Waals surface area contributed by atoms with Crippen molar-refractivity contribution >= 4 is 5.91 Å². The molecule has 0 N–H and O–H groups in total. The normalized spacial score (nSPS) is 19.2. The number of hydrogen-bond acceptors (Lipinski definition) is 3. The van der Waals surface area contributed by atoms with Crippen LogP contribution in [-0.4, -0.2) is 38.6 Å². The Morgan fingerprint density at radius 2 is 1.45 bits per heavy atom. The summed E-state index contributed by atoms with van der Waals surface area (Å²) < 4.78 is 11.0. The van der Waals surface area contributed by atoms with Crippen molar-refractivity contribution in [3.05, 3.63) is 59.7 Å². The molecule has 1 amide bonds. The first-order valence-corrected chi connectivity index (χ1v) is 11.6. The lowest BCUT2D eigenvalue weighted by Gasteiger charge is -2.39. The molecule has 0 atom stereocenters. The summed E-state index contributed by atoms with van der Waals surface area (Å²) in [5.74, 6) is 1.79. The molecule has 166 valence electrons. The molecule has 4 rings (SSSR count). The zero-order valence-electron chi connectivity index (χ0n) is 19.2. The molecule has 0 radical (unpaired) electrons. The number of carbonyl (C=O) groups excluding carboxylic acids is 1. The van der Waals surface area contributed by atoms with Gasteiger partial charge in [-0.25, -0.2) is 0 Å². The highest BCUT2D eigenvalue weighted by Crippen LogP contribution is 2.46. The van der Waals surface area contributed by atoms with Gasteiger partial charge in [0.2, 0.25) is 5.91 Å². The van der Waals surface area contributed by atoms with Crippen LogP contribution in [0.4, 0.5) is 0 Å². The van der Waals surface area contributed by atoms with Crippen LogP contribution in [0.25, 0.3) is 0 Å². The number of carbonyl (C=O) groups is 1. The predicted octanol–water partition coefficient (Wildman–Crippen LogP) is 5.49. The van der Waals surface area contributed by atoms with Crippen molar-refractivity contribution in [3.63, 3.8) is 0 Å². The third-order valence-corrected chi connectivity index (χ3v) is 7.64. The van der Waals surface area contributed by atoms with E-state index in [2.05, 4.69) is 36.4 Å². The number of methoxy groups -OCH3 is 2. The van der Waals surface area contributed by atoms with Crippen molar-refractivity contribution in [2.45, 2.75) is 62.2 Å². The van der Waals surface area contributed by atoms with E-state index < -0.39 is 0 Å². The number of nitrogens with zero attached hydrogens (tertiary/aromatic N) is 1. The molecule has 0 spiro atoms. The summed E-state index contributed by atoms with van der Waals surface area (Å²) in [6, 6.07) is 16.7. The van der Waals surface area contributed by atoms with Gasteiger partial charge in [0, 0.05) is 19.0 Å². The van der Waals surface area contributed by atoms with Crippen LogP contribution in [0.3, 0.4) is 0 Å². The van der Waals surface area contributed by atoms with Crippen molar-refractivity contribution < 1.29 is 14.3 Å². The predicted molar refractivity (Wildman–Crippen MR) is 124 cm³/mol. The molecule has 0 bridgehead atoms. The van der Waals surface area contributed by atoms with Crippen LogP contribution in [0.5, 0.6) is 11.5 Å².